The van der Waals surface area contributed by atoms with Crippen molar-refractivity contribution in [2.45, 2.75) is 39.2 Å². The molecular formula is C31H30Cl2N4O3. The van der Waals surface area contributed by atoms with Crippen molar-refractivity contribution in [1.29, 1.82) is 5.26 Å². The van der Waals surface area contributed by atoms with Gasteiger partial charge in [-0.1, -0.05) is 49.2 Å². The summed E-state index contributed by atoms with van der Waals surface area (Å²) in [6.07, 6.45) is 0. The zero-order valence-corrected chi connectivity index (χ0v) is 24.4. The fraction of sp³-hybridized carbons (Fsp3) is 0.258. The Bertz CT molecular complexity index is 1590. The summed E-state index contributed by atoms with van der Waals surface area (Å²) in [5.41, 5.74) is 11.0. The van der Waals surface area contributed by atoms with Gasteiger partial charge >= 0.3 is 5.97 Å². The Morgan fingerprint density at radius 3 is 2.50 bits per heavy atom. The lowest BCUT2D eigenvalue weighted by atomic mass is 9.66. The lowest BCUT2D eigenvalue weighted by Crippen LogP contribution is -2.42. The molecule has 4 rings (SSSR count). The highest BCUT2D eigenvalue weighted by atomic mass is 35.5. The smallest absolute Gasteiger partial charge is 0.354 e. The summed E-state index contributed by atoms with van der Waals surface area (Å²) in [4.78, 5) is 18.2. The van der Waals surface area contributed by atoms with E-state index in [0.717, 1.165) is 22.4 Å². The van der Waals surface area contributed by atoms with Gasteiger partial charge in [0.2, 0.25) is 0 Å². The van der Waals surface area contributed by atoms with E-state index < -0.39 is 17.4 Å². The van der Waals surface area contributed by atoms with Gasteiger partial charge in [0.15, 0.2) is 0 Å². The van der Waals surface area contributed by atoms with E-state index in [1.54, 1.807) is 31.2 Å². The van der Waals surface area contributed by atoms with E-state index in [-0.39, 0.29) is 12.3 Å². The summed E-state index contributed by atoms with van der Waals surface area (Å²) < 4.78 is 10.9. The Balaban J connectivity index is 2.10. The van der Waals surface area contributed by atoms with Crippen LogP contribution in [-0.2, 0) is 14.9 Å². The Morgan fingerprint density at radius 2 is 1.82 bits per heavy atom. The molecule has 0 amide bonds. The standard InChI is InChI=1S/C31H30Cl2N4O3/c1-6-40-30(38)27(35)26-28(36-23-15-20(33)9-7-17(23)2)21-11-10-19(32)14-22(21)31(3,4)29(26)37-24-13-18(16-34)8-12-25(24)39-5/h7-15,28,36H,6,35H2,1-5H3. The molecule has 3 N–H and O–H groups in total. The number of ether oxygens (including phenoxy) is 2. The van der Waals surface area contributed by atoms with Crippen molar-refractivity contribution in [3.8, 4) is 11.8 Å². The first kappa shape index (κ1) is 29.0. The van der Waals surface area contributed by atoms with Crippen LogP contribution in [0.4, 0.5) is 11.4 Å². The van der Waals surface area contributed by atoms with Crippen LogP contribution < -0.4 is 15.8 Å². The minimum Gasteiger partial charge on any atom is -0.494 e. The number of nitrogens with one attached hydrogen (secondary N) is 1. The number of anilines is 1. The maximum Gasteiger partial charge on any atom is 0.354 e. The van der Waals surface area contributed by atoms with Crippen molar-refractivity contribution in [2.24, 2.45) is 10.7 Å². The lowest BCUT2D eigenvalue weighted by Gasteiger charge is -2.41. The molecular weight excluding hydrogens is 547 g/mol. The second-order valence-electron chi connectivity index (χ2n) is 9.90. The van der Waals surface area contributed by atoms with E-state index in [2.05, 4.69) is 11.4 Å². The molecule has 3 aromatic carbocycles. The number of nitriles is 1. The zero-order chi connectivity index (χ0) is 29.2. The van der Waals surface area contributed by atoms with E-state index in [1.807, 2.05) is 51.1 Å². The van der Waals surface area contributed by atoms with Gasteiger partial charge in [0.25, 0.3) is 0 Å². The first-order valence-corrected chi connectivity index (χ1v) is 13.4. The van der Waals surface area contributed by atoms with Crippen LogP contribution in [-0.4, -0.2) is 25.4 Å². The van der Waals surface area contributed by atoms with Crippen molar-refractivity contribution in [3.05, 3.63) is 98.2 Å². The number of fused-ring (bicyclic) bond motifs is 1. The molecule has 0 spiro atoms. The molecule has 7 nitrogen and oxygen atoms in total. The quantitative estimate of drug-likeness (QED) is 0.237. The molecule has 0 aliphatic heterocycles. The number of methoxy groups -OCH3 is 1. The molecule has 1 atom stereocenters. The van der Waals surface area contributed by atoms with Gasteiger partial charge in [-0.05, 0) is 73.0 Å². The number of esters is 1. The van der Waals surface area contributed by atoms with Crippen LogP contribution in [0.5, 0.6) is 5.75 Å². The lowest BCUT2D eigenvalue weighted by molar-refractivity contribution is -0.138. The van der Waals surface area contributed by atoms with Crippen LogP contribution in [0.1, 0.15) is 49.1 Å². The number of hydrogen-bond acceptors (Lipinski definition) is 7. The number of aryl methyl sites for hydroxylation is 1. The molecule has 1 unspecified atom stereocenters. The third kappa shape index (κ3) is 5.51. The fourth-order valence-electron chi connectivity index (χ4n) is 4.90. The first-order chi connectivity index (χ1) is 19.0. The fourth-order valence-corrected chi connectivity index (χ4v) is 5.25. The van der Waals surface area contributed by atoms with E-state index in [9.17, 15) is 10.1 Å². The predicted molar refractivity (Wildman–Crippen MR) is 160 cm³/mol. The van der Waals surface area contributed by atoms with Gasteiger partial charge in [0.05, 0.1) is 37.1 Å². The summed E-state index contributed by atoms with van der Waals surface area (Å²) in [6, 6.07) is 17.6. The van der Waals surface area contributed by atoms with Gasteiger partial charge in [-0.15, -0.1) is 0 Å². The molecule has 0 radical (unpaired) electrons. The zero-order valence-electron chi connectivity index (χ0n) is 22.9. The maximum absolute atomic E-state index is 13.2. The van der Waals surface area contributed by atoms with Gasteiger partial charge in [0.1, 0.15) is 17.1 Å². The molecule has 1 aliphatic carbocycles. The second kappa shape index (κ2) is 11.6. The molecule has 3 aromatic rings. The number of halogens is 2. The number of nitrogens with two attached hydrogens (primary N) is 1. The van der Waals surface area contributed by atoms with E-state index in [0.29, 0.717) is 38.3 Å². The Kier molecular flexibility index (Phi) is 8.43. The summed E-state index contributed by atoms with van der Waals surface area (Å²) >= 11 is 12.9. The Morgan fingerprint density at radius 1 is 1.12 bits per heavy atom. The van der Waals surface area contributed by atoms with Crippen LogP contribution in [0.15, 0.2) is 70.9 Å². The van der Waals surface area contributed by atoms with Gasteiger partial charge in [-0.3, -0.25) is 0 Å². The number of carbonyl (C=O) groups excluding carboxylic acids is 1. The maximum atomic E-state index is 13.2. The molecule has 0 fully saturated rings. The van der Waals surface area contributed by atoms with Crippen molar-refractivity contribution in [1.82, 2.24) is 0 Å². The largest absolute Gasteiger partial charge is 0.494 e. The summed E-state index contributed by atoms with van der Waals surface area (Å²) in [5.74, 6) is -0.200. The molecule has 40 heavy (non-hydrogen) atoms. The van der Waals surface area contributed by atoms with Crippen molar-refractivity contribution < 1.29 is 14.3 Å². The molecule has 0 bridgehead atoms. The molecule has 9 heteroatoms. The van der Waals surface area contributed by atoms with Crippen LogP contribution in [0.2, 0.25) is 10.0 Å². The van der Waals surface area contributed by atoms with Gasteiger partial charge in [0, 0.05) is 26.7 Å². The Hall–Kier alpha value is -3.99. The van der Waals surface area contributed by atoms with Gasteiger partial charge < -0.3 is 20.5 Å². The number of rotatable bonds is 6. The second-order valence-corrected chi connectivity index (χ2v) is 10.8. The van der Waals surface area contributed by atoms with E-state index >= 15 is 0 Å². The van der Waals surface area contributed by atoms with Crippen LogP contribution in [0.25, 0.3) is 0 Å². The highest BCUT2D eigenvalue weighted by molar-refractivity contribution is 6.31. The van der Waals surface area contributed by atoms with Crippen LogP contribution >= 0.6 is 23.2 Å². The molecule has 0 saturated heterocycles. The number of aliphatic imine (C=N–C) groups is 1. The minimum atomic E-state index is -0.776. The predicted octanol–water partition coefficient (Wildman–Crippen LogP) is 7.18. The van der Waals surface area contributed by atoms with Crippen LogP contribution in [0, 0.1) is 18.3 Å². The highest BCUT2D eigenvalue weighted by Crippen LogP contribution is 2.47. The molecule has 0 heterocycles. The first-order valence-electron chi connectivity index (χ1n) is 12.7. The summed E-state index contributed by atoms with van der Waals surface area (Å²) in [6.45, 7) is 7.80. The van der Waals surface area contributed by atoms with Crippen molar-refractivity contribution in [2.75, 3.05) is 19.0 Å². The van der Waals surface area contributed by atoms with Gasteiger partial charge in [-0.2, -0.15) is 5.26 Å². The summed E-state index contributed by atoms with van der Waals surface area (Å²) in [7, 11) is 1.53. The highest BCUT2D eigenvalue weighted by Gasteiger charge is 2.44. The number of nitrogens with zero attached hydrogens (tertiary/aromatic N) is 2. The van der Waals surface area contributed by atoms with Crippen LogP contribution in [0.3, 0.4) is 0 Å². The average Bonchev–Trinajstić information content (AvgIpc) is 2.93. The number of benzene rings is 3. The van der Waals surface area contributed by atoms with E-state index in [1.165, 1.54) is 7.11 Å². The number of hydrogen-bond donors (Lipinski definition) is 2. The Labute approximate surface area is 244 Å². The minimum absolute atomic E-state index is 0.0816. The third-order valence-corrected chi connectivity index (χ3v) is 7.43. The molecule has 0 saturated carbocycles. The monoisotopic (exact) mass is 576 g/mol. The summed E-state index contributed by atoms with van der Waals surface area (Å²) in [5, 5.41) is 14.2. The third-order valence-electron chi connectivity index (χ3n) is 6.96. The SMILES string of the molecule is CCOC(=O)C(N)=C1C(=Nc2cc(C#N)ccc2OC)C(C)(C)c2cc(Cl)ccc2C1Nc1cc(Cl)ccc1C. The van der Waals surface area contributed by atoms with E-state index in [4.69, 9.17) is 43.4 Å². The molecule has 0 aromatic heterocycles. The van der Waals surface area contributed by atoms with Gasteiger partial charge in [-0.25, -0.2) is 9.79 Å². The topological polar surface area (TPSA) is 110 Å². The van der Waals surface area contributed by atoms with Crippen molar-refractivity contribution in [3.63, 3.8) is 0 Å². The molecule has 206 valence electrons. The number of carbonyl (C=O) groups is 1. The average molecular weight is 578 g/mol. The van der Waals surface area contributed by atoms with Crippen molar-refractivity contribution >= 4 is 46.3 Å². The molecule has 1 aliphatic rings. The normalized spacial score (nSPS) is 17.9.